The van der Waals surface area contributed by atoms with Crippen molar-refractivity contribution in [1.82, 2.24) is 16.0 Å². The van der Waals surface area contributed by atoms with Crippen molar-refractivity contribution in [2.24, 2.45) is 22.9 Å². The number of carbonyl (C=O) groups excluding carboxylic acids is 3. The Morgan fingerprint density at radius 2 is 1.70 bits per heavy atom. The largest absolute Gasteiger partial charge is 0.370 e. The van der Waals surface area contributed by atoms with Crippen molar-refractivity contribution in [2.75, 3.05) is 13.1 Å². The van der Waals surface area contributed by atoms with Crippen molar-refractivity contribution >= 4 is 23.7 Å². The van der Waals surface area contributed by atoms with Crippen LogP contribution in [0.25, 0.3) is 0 Å². The number of nitrogens with one attached hydrogen (secondary N) is 4. The molecule has 0 heterocycles. The van der Waals surface area contributed by atoms with Crippen molar-refractivity contribution in [3.63, 3.8) is 0 Å². The van der Waals surface area contributed by atoms with Crippen LogP contribution in [0, 0.1) is 5.41 Å². The fraction of sp³-hybridized carbons (Fsp3) is 0.750. The third-order valence-electron chi connectivity index (χ3n) is 3.94. The lowest BCUT2D eigenvalue weighted by atomic mass is 10.0. The molecule has 0 aliphatic rings. The van der Waals surface area contributed by atoms with E-state index in [1.54, 1.807) is 0 Å². The number of amides is 3. The van der Waals surface area contributed by atoms with Crippen LogP contribution in [0.4, 0.5) is 0 Å². The fourth-order valence-corrected chi connectivity index (χ4v) is 2.25. The molecule has 0 unspecified atom stereocenters. The Hall–Kier alpha value is -2.40. The van der Waals surface area contributed by atoms with Crippen molar-refractivity contribution in [3.8, 4) is 0 Å². The molecule has 0 aromatic rings. The van der Waals surface area contributed by atoms with Gasteiger partial charge in [0.2, 0.25) is 17.7 Å². The second kappa shape index (κ2) is 12.1. The average Bonchev–Trinajstić information content (AvgIpc) is 2.56. The summed E-state index contributed by atoms with van der Waals surface area (Å²) in [5.74, 6) is -1.87. The van der Waals surface area contributed by atoms with Crippen molar-refractivity contribution in [3.05, 3.63) is 0 Å². The molecule has 0 rings (SSSR count). The van der Waals surface area contributed by atoms with E-state index < -0.39 is 35.3 Å². The van der Waals surface area contributed by atoms with Crippen LogP contribution in [0.5, 0.6) is 0 Å². The summed E-state index contributed by atoms with van der Waals surface area (Å²) < 4.78 is 0. The third kappa shape index (κ3) is 10.4. The Morgan fingerprint density at radius 1 is 1.07 bits per heavy atom. The molecule has 156 valence electrons. The number of guanidine groups is 1. The lowest BCUT2D eigenvalue weighted by molar-refractivity contribution is -0.135. The molecule has 0 radical (unpaired) electrons. The Labute approximate surface area is 159 Å². The summed E-state index contributed by atoms with van der Waals surface area (Å²) in [7, 11) is 0. The van der Waals surface area contributed by atoms with Crippen LogP contribution in [0.3, 0.4) is 0 Å². The second-order valence-electron chi connectivity index (χ2n) is 6.92. The van der Waals surface area contributed by atoms with Gasteiger partial charge < -0.3 is 38.9 Å². The van der Waals surface area contributed by atoms with Crippen LogP contribution in [0.2, 0.25) is 0 Å². The van der Waals surface area contributed by atoms with Gasteiger partial charge in [0.25, 0.3) is 0 Å². The highest BCUT2D eigenvalue weighted by Gasteiger charge is 2.33. The minimum atomic E-state index is -1.27. The second-order valence-corrected chi connectivity index (χ2v) is 6.92. The van der Waals surface area contributed by atoms with E-state index >= 15 is 0 Å². The number of rotatable bonds is 13. The summed E-state index contributed by atoms with van der Waals surface area (Å²) >= 11 is 0. The summed E-state index contributed by atoms with van der Waals surface area (Å²) in [4.78, 5) is 36.2. The molecule has 0 saturated carbocycles. The molecule has 0 aliphatic carbocycles. The molecule has 0 aliphatic heterocycles. The monoisotopic (exact) mass is 386 g/mol. The number of carbonyl (C=O) groups is 3. The Bertz CT molecular complexity index is 524. The normalized spacial score (nSPS) is 13.3. The summed E-state index contributed by atoms with van der Waals surface area (Å²) in [5, 5.41) is 14.8. The number of unbranched alkanes of at least 4 members (excludes halogenated alkanes) is 1. The lowest BCUT2D eigenvalue weighted by Crippen LogP contribution is -2.60. The first-order valence-electron chi connectivity index (χ1n) is 8.97. The fourth-order valence-electron chi connectivity index (χ4n) is 2.25. The molecule has 0 fully saturated rings. The first-order valence-corrected chi connectivity index (χ1v) is 8.97. The minimum absolute atomic E-state index is 0.179. The zero-order valence-corrected chi connectivity index (χ0v) is 16.1. The van der Waals surface area contributed by atoms with Gasteiger partial charge in [0, 0.05) is 6.54 Å². The van der Waals surface area contributed by atoms with Gasteiger partial charge in [0.05, 0.1) is 6.04 Å². The predicted octanol–water partition coefficient (Wildman–Crippen LogP) is -2.43. The van der Waals surface area contributed by atoms with Gasteiger partial charge in [-0.2, -0.15) is 0 Å². The van der Waals surface area contributed by atoms with E-state index in [1.165, 1.54) is 13.8 Å². The molecular weight excluding hydrogens is 352 g/mol. The van der Waals surface area contributed by atoms with E-state index in [-0.39, 0.29) is 12.4 Å². The summed E-state index contributed by atoms with van der Waals surface area (Å²) in [5.41, 5.74) is 20.5. The molecular formula is C16H34N8O3. The number of primary amides is 1. The van der Waals surface area contributed by atoms with E-state index in [2.05, 4.69) is 16.0 Å². The molecule has 2 atom stereocenters. The summed E-state index contributed by atoms with van der Waals surface area (Å²) in [6, 6.07) is -1.64. The first kappa shape index (κ1) is 24.6. The standard InChI is InChI=1S/C16H34N8O3/c1-16(2,24-13(26)10(18)6-3-4-8-17)14(27)23-11(12(19)25)7-5-9-22-15(20)21/h10-11H,3-9,17-18H2,1-2H3,(H2,19,25)(H,23,27)(H,24,26)(H4,20,21,22)/t10-,11-/m0/s1. The molecule has 0 aromatic carbocycles. The minimum Gasteiger partial charge on any atom is -0.370 e. The number of hydrogen-bond acceptors (Lipinski definition) is 6. The Kier molecular flexibility index (Phi) is 11.0. The zero-order chi connectivity index (χ0) is 21.0. The number of nitrogens with two attached hydrogens (primary N) is 4. The average molecular weight is 387 g/mol. The Morgan fingerprint density at radius 3 is 2.22 bits per heavy atom. The van der Waals surface area contributed by atoms with E-state index in [0.717, 1.165) is 12.8 Å². The maximum absolute atomic E-state index is 12.5. The van der Waals surface area contributed by atoms with Crippen LogP contribution < -0.4 is 38.9 Å². The van der Waals surface area contributed by atoms with E-state index in [1.807, 2.05) is 0 Å². The van der Waals surface area contributed by atoms with Gasteiger partial charge in [-0.3, -0.25) is 19.8 Å². The van der Waals surface area contributed by atoms with Gasteiger partial charge in [-0.1, -0.05) is 6.42 Å². The highest BCUT2D eigenvalue weighted by atomic mass is 16.2. The van der Waals surface area contributed by atoms with Gasteiger partial charge in [-0.15, -0.1) is 0 Å². The maximum Gasteiger partial charge on any atom is 0.245 e. The molecule has 0 bridgehead atoms. The van der Waals surface area contributed by atoms with Gasteiger partial charge in [0.1, 0.15) is 11.6 Å². The maximum atomic E-state index is 12.5. The molecule has 11 nitrogen and oxygen atoms in total. The molecule has 0 spiro atoms. The van der Waals surface area contributed by atoms with Crippen molar-refractivity contribution in [1.29, 1.82) is 5.41 Å². The van der Waals surface area contributed by atoms with Crippen LogP contribution in [0.1, 0.15) is 46.0 Å². The topological polar surface area (TPSA) is 215 Å². The molecule has 11 heteroatoms. The molecule has 27 heavy (non-hydrogen) atoms. The van der Waals surface area contributed by atoms with E-state index in [0.29, 0.717) is 25.9 Å². The lowest BCUT2D eigenvalue weighted by Gasteiger charge is -2.28. The zero-order valence-electron chi connectivity index (χ0n) is 16.1. The molecule has 3 amide bonds. The van der Waals surface area contributed by atoms with Crippen molar-refractivity contribution < 1.29 is 14.4 Å². The molecule has 12 N–H and O–H groups in total. The molecule has 0 aromatic heterocycles. The smallest absolute Gasteiger partial charge is 0.245 e. The van der Waals surface area contributed by atoms with Crippen molar-refractivity contribution in [2.45, 2.75) is 63.6 Å². The van der Waals surface area contributed by atoms with E-state index in [4.69, 9.17) is 28.3 Å². The third-order valence-corrected chi connectivity index (χ3v) is 3.94. The first-order chi connectivity index (χ1) is 12.5. The predicted molar refractivity (Wildman–Crippen MR) is 103 cm³/mol. The number of hydrogen-bond donors (Lipinski definition) is 8. The van der Waals surface area contributed by atoms with Gasteiger partial charge in [-0.05, 0) is 46.1 Å². The van der Waals surface area contributed by atoms with Gasteiger partial charge in [0.15, 0.2) is 5.96 Å². The van der Waals surface area contributed by atoms with Crippen LogP contribution in [-0.2, 0) is 14.4 Å². The highest BCUT2D eigenvalue weighted by Crippen LogP contribution is 2.07. The Balaban J connectivity index is 4.63. The van der Waals surface area contributed by atoms with Gasteiger partial charge >= 0.3 is 0 Å². The summed E-state index contributed by atoms with van der Waals surface area (Å²) in [6.45, 7) is 3.93. The SMILES string of the molecule is CC(C)(NC(=O)[C@@H](N)CCCCN)C(=O)N[C@@H](CCCNC(=N)N)C(N)=O. The quantitative estimate of drug-likeness (QED) is 0.0971. The van der Waals surface area contributed by atoms with Gasteiger partial charge in [-0.25, -0.2) is 0 Å². The summed E-state index contributed by atoms with van der Waals surface area (Å²) in [6.07, 6.45) is 2.68. The van der Waals surface area contributed by atoms with Crippen LogP contribution in [-0.4, -0.2) is 54.4 Å². The van der Waals surface area contributed by atoms with Crippen LogP contribution >= 0.6 is 0 Å². The molecule has 0 saturated heterocycles. The van der Waals surface area contributed by atoms with E-state index in [9.17, 15) is 14.4 Å². The van der Waals surface area contributed by atoms with Crippen LogP contribution in [0.15, 0.2) is 0 Å². The highest BCUT2D eigenvalue weighted by molar-refractivity contribution is 5.94.